The van der Waals surface area contributed by atoms with Crippen LogP contribution in [0.3, 0.4) is 0 Å². The highest BCUT2D eigenvalue weighted by atomic mass is 16.5. The van der Waals surface area contributed by atoms with Crippen molar-refractivity contribution in [3.05, 3.63) is 56.2 Å². The SMILES string of the molecule is CCCOCCn1c(=O)cc(Nc2ccc(C)c(CC)c2)[nH]c1=O. The number of nitrogens with zero attached hydrogens (tertiary/aromatic N) is 1. The van der Waals surface area contributed by atoms with Crippen molar-refractivity contribution in [1.82, 2.24) is 9.55 Å². The third kappa shape index (κ3) is 4.58. The number of H-pyrrole nitrogens is 1. The Bertz CT molecular complexity index is 762. The highest BCUT2D eigenvalue weighted by Crippen LogP contribution is 2.18. The molecule has 0 spiro atoms. The Morgan fingerprint density at radius 3 is 2.62 bits per heavy atom. The van der Waals surface area contributed by atoms with Crippen molar-refractivity contribution in [2.45, 2.75) is 40.2 Å². The Balaban J connectivity index is 2.15. The number of nitrogens with one attached hydrogen (secondary N) is 2. The van der Waals surface area contributed by atoms with Gasteiger partial charge in [-0.2, -0.15) is 0 Å². The van der Waals surface area contributed by atoms with Gasteiger partial charge in [-0.05, 0) is 43.0 Å². The Hall–Kier alpha value is -2.34. The van der Waals surface area contributed by atoms with Crippen LogP contribution in [0, 0.1) is 6.92 Å². The molecule has 2 N–H and O–H groups in total. The van der Waals surface area contributed by atoms with Crippen LogP contribution < -0.4 is 16.6 Å². The maximum atomic E-state index is 12.1. The van der Waals surface area contributed by atoms with E-state index in [1.165, 1.54) is 17.2 Å². The lowest BCUT2D eigenvalue weighted by Crippen LogP contribution is -2.36. The van der Waals surface area contributed by atoms with Crippen molar-refractivity contribution in [3.63, 3.8) is 0 Å². The van der Waals surface area contributed by atoms with Crippen molar-refractivity contribution < 1.29 is 4.74 Å². The van der Waals surface area contributed by atoms with Crippen molar-refractivity contribution in [2.24, 2.45) is 0 Å². The summed E-state index contributed by atoms with van der Waals surface area (Å²) in [6, 6.07) is 7.37. The van der Waals surface area contributed by atoms with Gasteiger partial charge in [0.1, 0.15) is 5.82 Å². The Morgan fingerprint density at radius 1 is 1.17 bits per heavy atom. The first-order valence-corrected chi connectivity index (χ1v) is 8.33. The largest absolute Gasteiger partial charge is 0.380 e. The fourth-order valence-electron chi connectivity index (χ4n) is 2.49. The van der Waals surface area contributed by atoms with Gasteiger partial charge in [-0.15, -0.1) is 0 Å². The van der Waals surface area contributed by atoms with Crippen LogP contribution in [-0.4, -0.2) is 22.8 Å². The summed E-state index contributed by atoms with van der Waals surface area (Å²) in [5, 5.41) is 3.09. The molecule has 0 saturated heterocycles. The first kappa shape index (κ1) is 18.0. The summed E-state index contributed by atoms with van der Waals surface area (Å²) in [5.41, 5.74) is 2.51. The summed E-state index contributed by atoms with van der Waals surface area (Å²) >= 11 is 0. The molecule has 0 fully saturated rings. The smallest absolute Gasteiger partial charge is 0.329 e. The predicted octanol–water partition coefficient (Wildman–Crippen LogP) is 2.58. The summed E-state index contributed by atoms with van der Waals surface area (Å²) in [7, 11) is 0. The molecular formula is C18H25N3O3. The van der Waals surface area contributed by atoms with Crippen LogP contribution >= 0.6 is 0 Å². The normalized spacial score (nSPS) is 10.8. The molecule has 0 aliphatic carbocycles. The second kappa shape index (κ2) is 8.49. The van der Waals surface area contributed by atoms with Gasteiger partial charge in [-0.3, -0.25) is 14.3 Å². The number of ether oxygens (including phenoxy) is 1. The fraction of sp³-hybridized carbons (Fsp3) is 0.444. The minimum absolute atomic E-state index is 0.249. The van der Waals surface area contributed by atoms with Crippen LogP contribution in [-0.2, 0) is 17.7 Å². The molecule has 0 atom stereocenters. The zero-order valence-corrected chi connectivity index (χ0v) is 14.5. The van der Waals surface area contributed by atoms with Crippen molar-refractivity contribution in [3.8, 4) is 0 Å². The highest BCUT2D eigenvalue weighted by Gasteiger charge is 2.06. The lowest BCUT2D eigenvalue weighted by Gasteiger charge is -2.11. The summed E-state index contributed by atoms with van der Waals surface area (Å²) in [5.74, 6) is 0.390. The van der Waals surface area contributed by atoms with Gasteiger partial charge < -0.3 is 10.1 Å². The maximum Gasteiger partial charge on any atom is 0.329 e. The van der Waals surface area contributed by atoms with Gasteiger partial charge in [-0.1, -0.05) is 19.9 Å². The standard InChI is InChI=1S/C18H25N3O3/c1-4-9-24-10-8-21-17(22)12-16(20-18(21)23)19-15-7-6-13(3)14(5-2)11-15/h6-7,11-12,19H,4-5,8-10H2,1-3H3,(H,20,23). The second-order valence-corrected chi connectivity index (χ2v) is 5.71. The monoisotopic (exact) mass is 331 g/mol. The number of hydrogen-bond donors (Lipinski definition) is 2. The molecule has 0 aliphatic rings. The lowest BCUT2D eigenvalue weighted by molar-refractivity contribution is 0.125. The number of aromatic amines is 1. The number of aryl methyl sites for hydroxylation is 2. The first-order valence-electron chi connectivity index (χ1n) is 8.33. The van der Waals surface area contributed by atoms with Gasteiger partial charge in [0.2, 0.25) is 0 Å². The summed E-state index contributed by atoms with van der Waals surface area (Å²) in [6.45, 7) is 7.39. The molecule has 2 rings (SSSR count). The lowest BCUT2D eigenvalue weighted by atomic mass is 10.1. The van der Waals surface area contributed by atoms with E-state index in [4.69, 9.17) is 4.74 Å². The molecule has 0 bridgehead atoms. The summed E-state index contributed by atoms with van der Waals surface area (Å²) in [4.78, 5) is 26.9. The van der Waals surface area contributed by atoms with Gasteiger partial charge >= 0.3 is 5.69 Å². The van der Waals surface area contributed by atoms with Crippen molar-refractivity contribution >= 4 is 11.5 Å². The van der Waals surface area contributed by atoms with Gasteiger partial charge in [0, 0.05) is 18.4 Å². The number of hydrogen-bond acceptors (Lipinski definition) is 4. The van der Waals surface area contributed by atoms with Crippen molar-refractivity contribution in [2.75, 3.05) is 18.5 Å². The molecule has 0 aliphatic heterocycles. The minimum atomic E-state index is -0.437. The van der Waals surface area contributed by atoms with Crippen LogP contribution in [0.4, 0.5) is 11.5 Å². The molecule has 130 valence electrons. The first-order chi connectivity index (χ1) is 11.5. The maximum absolute atomic E-state index is 12.1. The molecule has 0 amide bonds. The van der Waals surface area contributed by atoms with Crippen LogP contribution in [0.15, 0.2) is 33.9 Å². The van der Waals surface area contributed by atoms with E-state index >= 15 is 0 Å². The molecule has 1 aromatic carbocycles. The van der Waals surface area contributed by atoms with E-state index in [0.717, 1.165) is 23.1 Å². The van der Waals surface area contributed by atoms with Crippen molar-refractivity contribution in [1.29, 1.82) is 0 Å². The van der Waals surface area contributed by atoms with E-state index < -0.39 is 5.69 Å². The Morgan fingerprint density at radius 2 is 1.96 bits per heavy atom. The van der Waals surface area contributed by atoms with Gasteiger partial charge in [-0.25, -0.2) is 4.79 Å². The average Bonchev–Trinajstić information content (AvgIpc) is 2.55. The van der Waals surface area contributed by atoms with Gasteiger partial charge in [0.25, 0.3) is 5.56 Å². The predicted molar refractivity (Wildman–Crippen MR) is 96.3 cm³/mol. The minimum Gasteiger partial charge on any atom is -0.380 e. The number of benzene rings is 1. The third-order valence-corrected chi connectivity index (χ3v) is 3.84. The number of rotatable bonds is 8. The number of aromatic nitrogens is 2. The van der Waals surface area contributed by atoms with Crippen LogP contribution in [0.25, 0.3) is 0 Å². The molecule has 0 unspecified atom stereocenters. The molecule has 1 heterocycles. The fourth-order valence-corrected chi connectivity index (χ4v) is 2.49. The van der Waals surface area contributed by atoms with E-state index in [1.807, 2.05) is 25.1 Å². The molecule has 2 aromatic rings. The van der Waals surface area contributed by atoms with E-state index in [-0.39, 0.29) is 12.1 Å². The van der Waals surface area contributed by atoms with Gasteiger partial charge in [0.05, 0.1) is 13.2 Å². The average molecular weight is 331 g/mol. The molecule has 0 radical (unpaired) electrons. The van der Waals surface area contributed by atoms with E-state index in [0.29, 0.717) is 19.0 Å². The zero-order valence-electron chi connectivity index (χ0n) is 14.5. The Labute approximate surface area is 141 Å². The van der Waals surface area contributed by atoms with Gasteiger partial charge in [0.15, 0.2) is 0 Å². The highest BCUT2D eigenvalue weighted by molar-refractivity contribution is 5.57. The third-order valence-electron chi connectivity index (χ3n) is 3.84. The Kier molecular flexibility index (Phi) is 6.37. The molecular weight excluding hydrogens is 306 g/mol. The molecule has 6 heteroatoms. The zero-order chi connectivity index (χ0) is 17.5. The topological polar surface area (TPSA) is 76.1 Å². The van der Waals surface area contributed by atoms with E-state index in [9.17, 15) is 9.59 Å². The number of anilines is 2. The molecule has 0 saturated carbocycles. The molecule has 6 nitrogen and oxygen atoms in total. The molecule has 24 heavy (non-hydrogen) atoms. The van der Waals surface area contributed by atoms with E-state index in [1.54, 1.807) is 0 Å². The van der Waals surface area contributed by atoms with Crippen LogP contribution in [0.1, 0.15) is 31.4 Å². The van der Waals surface area contributed by atoms with Crippen LogP contribution in [0.5, 0.6) is 0 Å². The van der Waals surface area contributed by atoms with E-state index in [2.05, 4.69) is 24.1 Å². The molecule has 1 aromatic heterocycles. The van der Waals surface area contributed by atoms with Crippen LogP contribution in [0.2, 0.25) is 0 Å². The summed E-state index contributed by atoms with van der Waals surface area (Å²) in [6.07, 6.45) is 1.83. The quantitative estimate of drug-likeness (QED) is 0.729. The summed E-state index contributed by atoms with van der Waals surface area (Å²) < 4.78 is 6.48. The second-order valence-electron chi connectivity index (χ2n) is 5.71.